The van der Waals surface area contributed by atoms with Crippen LogP contribution in [0.25, 0.3) is 0 Å². The molecule has 1 aromatic rings. The van der Waals surface area contributed by atoms with Gasteiger partial charge in [0.1, 0.15) is 12.4 Å². The highest BCUT2D eigenvalue weighted by molar-refractivity contribution is 6.25. The first-order valence-electron chi connectivity index (χ1n) is 6.64. The Morgan fingerprint density at radius 1 is 1.48 bits per heavy atom. The molecule has 116 valence electrons. The van der Waals surface area contributed by atoms with E-state index in [-0.39, 0.29) is 11.2 Å². The van der Waals surface area contributed by atoms with E-state index in [4.69, 9.17) is 16.3 Å². The van der Waals surface area contributed by atoms with Crippen LogP contribution in [0.3, 0.4) is 0 Å². The summed E-state index contributed by atoms with van der Waals surface area (Å²) in [5.74, 6) is 0.621. The fraction of sp³-hybridized carbons (Fsp3) is 0.467. The van der Waals surface area contributed by atoms with Crippen LogP contribution < -0.4 is 10.1 Å². The van der Waals surface area contributed by atoms with E-state index in [1.807, 2.05) is 27.7 Å². The Hall–Kier alpha value is -1.59. The maximum atomic E-state index is 10.9. The topological polar surface area (TPSA) is 64.4 Å². The minimum atomic E-state index is -0.408. The van der Waals surface area contributed by atoms with Crippen molar-refractivity contribution in [2.45, 2.75) is 39.8 Å². The molecular formula is C15H21ClN2O3. The molecule has 0 aliphatic heterocycles. The largest absolute Gasteiger partial charge is 0.489 e. The van der Waals surface area contributed by atoms with Gasteiger partial charge in [-0.25, -0.2) is 0 Å². The summed E-state index contributed by atoms with van der Waals surface area (Å²) in [6.45, 7) is 8.79. The molecule has 1 rings (SSSR count). The average molecular weight is 313 g/mol. The van der Waals surface area contributed by atoms with E-state index in [0.717, 1.165) is 11.1 Å². The summed E-state index contributed by atoms with van der Waals surface area (Å²) in [4.78, 5) is 10.5. The zero-order chi connectivity index (χ0) is 16.0. The predicted octanol–water partition coefficient (Wildman–Crippen LogP) is 4.00. The lowest BCUT2D eigenvalue weighted by atomic mass is 10.1. The van der Waals surface area contributed by atoms with E-state index in [1.165, 1.54) is 17.7 Å². The number of hydrogen-bond donors (Lipinski definition) is 1. The summed E-state index contributed by atoms with van der Waals surface area (Å²) in [5.41, 5.74) is 3.05. The summed E-state index contributed by atoms with van der Waals surface area (Å²) in [6.07, 6.45) is 0. The fourth-order valence-corrected chi connectivity index (χ4v) is 1.60. The minimum Gasteiger partial charge on any atom is -0.489 e. The molecule has 5 nitrogen and oxygen atoms in total. The normalized spacial score (nSPS) is 12.3. The summed E-state index contributed by atoms with van der Waals surface area (Å²) in [6, 6.07) is 4.60. The number of nitrogens with zero attached hydrogens (tertiary/aromatic N) is 1. The monoisotopic (exact) mass is 312 g/mol. The van der Waals surface area contributed by atoms with E-state index in [9.17, 15) is 10.1 Å². The Morgan fingerprint density at radius 2 is 2.14 bits per heavy atom. The Kier molecular flexibility index (Phi) is 6.18. The Labute approximate surface area is 130 Å². The van der Waals surface area contributed by atoms with Gasteiger partial charge in [0.05, 0.1) is 4.92 Å². The molecule has 0 aliphatic carbocycles. The van der Waals surface area contributed by atoms with Crippen LogP contribution in [0.5, 0.6) is 5.75 Å². The zero-order valence-electron chi connectivity index (χ0n) is 12.8. The first kappa shape index (κ1) is 17.5. The molecule has 0 heterocycles. The molecule has 0 saturated heterocycles. The molecular weight excluding hydrogens is 292 g/mol. The Balaban J connectivity index is 2.96. The third-order valence-corrected chi connectivity index (χ3v) is 3.08. The van der Waals surface area contributed by atoms with Crippen LogP contribution in [0.1, 0.15) is 33.3 Å². The van der Waals surface area contributed by atoms with Crippen molar-refractivity contribution < 1.29 is 9.66 Å². The average Bonchev–Trinajstić information content (AvgIpc) is 2.41. The molecule has 1 N–H and O–H groups in total. The second kappa shape index (κ2) is 7.43. The number of nitro groups is 1. The van der Waals surface area contributed by atoms with E-state index in [1.54, 1.807) is 6.07 Å². The SMILES string of the molecule is C/C(=C/Cl)COc1ccc([N+](=O)[O-])cc1CNC(C)(C)C. The van der Waals surface area contributed by atoms with Gasteiger partial charge >= 0.3 is 0 Å². The molecule has 0 amide bonds. The van der Waals surface area contributed by atoms with Gasteiger partial charge in [0, 0.05) is 35.3 Å². The van der Waals surface area contributed by atoms with Gasteiger partial charge in [-0.1, -0.05) is 11.6 Å². The van der Waals surface area contributed by atoms with Crippen molar-refractivity contribution in [2.24, 2.45) is 0 Å². The van der Waals surface area contributed by atoms with Gasteiger partial charge in [0.25, 0.3) is 5.69 Å². The lowest BCUT2D eigenvalue weighted by Crippen LogP contribution is -2.35. The van der Waals surface area contributed by atoms with Crippen LogP contribution in [-0.4, -0.2) is 17.1 Å². The highest BCUT2D eigenvalue weighted by atomic mass is 35.5. The van der Waals surface area contributed by atoms with Gasteiger partial charge in [-0.3, -0.25) is 10.1 Å². The second-order valence-corrected chi connectivity index (χ2v) is 6.12. The molecule has 0 bridgehead atoms. The first-order valence-corrected chi connectivity index (χ1v) is 7.07. The maximum absolute atomic E-state index is 10.9. The second-order valence-electron chi connectivity index (χ2n) is 5.90. The standard InChI is InChI=1S/C15H21ClN2O3/c1-11(8-16)10-21-14-6-5-13(18(19)20)7-12(14)9-17-15(2,3)4/h5-8,17H,9-10H2,1-4H3/b11-8-. The summed E-state index contributed by atoms with van der Waals surface area (Å²) in [7, 11) is 0. The lowest BCUT2D eigenvalue weighted by Gasteiger charge is -2.21. The van der Waals surface area contributed by atoms with Crippen molar-refractivity contribution in [3.8, 4) is 5.75 Å². The van der Waals surface area contributed by atoms with Crippen molar-refractivity contribution in [1.29, 1.82) is 0 Å². The summed E-state index contributed by atoms with van der Waals surface area (Å²) >= 11 is 5.60. The number of nitrogens with one attached hydrogen (secondary N) is 1. The first-order chi connectivity index (χ1) is 9.73. The van der Waals surface area contributed by atoms with Gasteiger partial charge in [-0.2, -0.15) is 0 Å². The van der Waals surface area contributed by atoms with Crippen LogP contribution in [0.4, 0.5) is 5.69 Å². The van der Waals surface area contributed by atoms with Crippen LogP contribution in [0.15, 0.2) is 29.3 Å². The number of halogens is 1. The third-order valence-electron chi connectivity index (χ3n) is 2.71. The van der Waals surface area contributed by atoms with E-state index in [0.29, 0.717) is 18.9 Å². The predicted molar refractivity (Wildman–Crippen MR) is 84.8 cm³/mol. The molecule has 21 heavy (non-hydrogen) atoms. The number of nitro benzene ring substituents is 1. The summed E-state index contributed by atoms with van der Waals surface area (Å²) < 4.78 is 5.67. The van der Waals surface area contributed by atoms with Crippen molar-refractivity contribution in [1.82, 2.24) is 5.32 Å². The molecule has 1 aromatic carbocycles. The number of benzene rings is 1. The molecule has 0 aromatic heterocycles. The molecule has 0 atom stereocenters. The Bertz CT molecular complexity index is 536. The summed E-state index contributed by atoms with van der Waals surface area (Å²) in [5, 5.41) is 14.2. The molecule has 0 saturated carbocycles. The molecule has 0 spiro atoms. The zero-order valence-corrected chi connectivity index (χ0v) is 13.5. The van der Waals surface area contributed by atoms with Crippen LogP contribution >= 0.6 is 11.6 Å². The highest BCUT2D eigenvalue weighted by Crippen LogP contribution is 2.25. The highest BCUT2D eigenvalue weighted by Gasteiger charge is 2.15. The Morgan fingerprint density at radius 3 is 2.67 bits per heavy atom. The van der Waals surface area contributed by atoms with Gasteiger partial charge in [0.15, 0.2) is 0 Å². The molecule has 0 unspecified atom stereocenters. The van der Waals surface area contributed by atoms with Gasteiger partial charge in [0.2, 0.25) is 0 Å². The van der Waals surface area contributed by atoms with Crippen LogP contribution in [0.2, 0.25) is 0 Å². The van der Waals surface area contributed by atoms with Crippen molar-refractivity contribution in [3.05, 3.63) is 45.0 Å². The van der Waals surface area contributed by atoms with Crippen molar-refractivity contribution >= 4 is 17.3 Å². The minimum absolute atomic E-state index is 0.0534. The van der Waals surface area contributed by atoms with Gasteiger partial charge < -0.3 is 10.1 Å². The number of ether oxygens (including phenoxy) is 1. The fourth-order valence-electron chi connectivity index (χ4n) is 1.54. The molecule has 6 heteroatoms. The van der Waals surface area contributed by atoms with Crippen LogP contribution in [0, 0.1) is 10.1 Å². The van der Waals surface area contributed by atoms with E-state index < -0.39 is 4.92 Å². The number of non-ortho nitro benzene ring substituents is 1. The third kappa shape index (κ3) is 6.14. The molecule has 0 radical (unpaired) electrons. The maximum Gasteiger partial charge on any atom is 0.270 e. The number of hydrogen-bond acceptors (Lipinski definition) is 4. The number of rotatable bonds is 6. The van der Waals surface area contributed by atoms with Crippen molar-refractivity contribution in [3.63, 3.8) is 0 Å². The van der Waals surface area contributed by atoms with Gasteiger partial charge in [-0.15, -0.1) is 0 Å². The van der Waals surface area contributed by atoms with E-state index >= 15 is 0 Å². The lowest BCUT2D eigenvalue weighted by molar-refractivity contribution is -0.384. The van der Waals surface area contributed by atoms with Crippen molar-refractivity contribution in [2.75, 3.05) is 6.61 Å². The quantitative estimate of drug-likeness (QED) is 0.637. The van der Waals surface area contributed by atoms with Gasteiger partial charge in [-0.05, 0) is 39.3 Å². The molecule has 0 fully saturated rings. The van der Waals surface area contributed by atoms with E-state index in [2.05, 4.69) is 5.32 Å². The smallest absolute Gasteiger partial charge is 0.270 e. The van der Waals surface area contributed by atoms with Crippen LogP contribution in [-0.2, 0) is 6.54 Å². The molecule has 0 aliphatic rings.